The molecule has 1 amide bonds. The molecule has 0 aromatic heterocycles. The number of rotatable bonds is 3. The number of benzene rings is 2. The number of carbonyl (C=O) groups excluding carboxylic acids is 1. The molecule has 0 atom stereocenters. The molecule has 132 valence electrons. The molecule has 0 radical (unpaired) electrons. The largest absolute Gasteiger partial charge is 0.339 e. The highest BCUT2D eigenvalue weighted by atomic mass is 19.1. The number of hydrogen-bond donors (Lipinski definition) is 1. The predicted molar refractivity (Wildman–Crippen MR) is 99.0 cm³/mol. The third-order valence-electron chi connectivity index (χ3n) is 5.27. The van der Waals surface area contributed by atoms with E-state index in [-0.39, 0.29) is 11.5 Å². The lowest BCUT2D eigenvalue weighted by Crippen LogP contribution is -2.40. The second-order valence-corrected chi connectivity index (χ2v) is 6.96. The van der Waals surface area contributed by atoms with Crippen LogP contribution in [0.1, 0.15) is 34.3 Å². The van der Waals surface area contributed by atoms with Gasteiger partial charge in [-0.15, -0.1) is 0 Å². The highest BCUT2D eigenvalue weighted by Gasteiger charge is 2.24. The Bertz CT molecular complexity index is 779. The van der Waals surface area contributed by atoms with E-state index in [9.17, 15) is 9.18 Å². The number of likely N-dealkylation sites (tertiary alicyclic amines) is 1. The van der Waals surface area contributed by atoms with E-state index in [1.54, 1.807) is 11.0 Å². The Kier molecular flexibility index (Phi) is 5.19. The van der Waals surface area contributed by atoms with Crippen molar-refractivity contribution in [1.29, 1.82) is 0 Å². The molecule has 3 nitrogen and oxygen atoms in total. The van der Waals surface area contributed by atoms with Crippen molar-refractivity contribution in [3.8, 4) is 11.1 Å². The van der Waals surface area contributed by atoms with Gasteiger partial charge in [0.1, 0.15) is 5.82 Å². The molecule has 0 aliphatic carbocycles. The number of aryl methyl sites for hydroxylation is 2. The summed E-state index contributed by atoms with van der Waals surface area (Å²) in [5, 5.41) is 0. The fourth-order valence-electron chi connectivity index (χ4n) is 3.33. The van der Waals surface area contributed by atoms with Crippen molar-refractivity contribution in [3.05, 3.63) is 58.9 Å². The van der Waals surface area contributed by atoms with Gasteiger partial charge in [0.05, 0.1) is 5.56 Å². The Hall–Kier alpha value is -2.20. The summed E-state index contributed by atoms with van der Waals surface area (Å²) in [5.41, 5.74) is 9.97. The lowest BCUT2D eigenvalue weighted by Gasteiger charge is -2.31. The van der Waals surface area contributed by atoms with Crippen LogP contribution in [-0.2, 0) is 0 Å². The predicted octanol–water partition coefficient (Wildman–Crippen LogP) is 3.92. The quantitative estimate of drug-likeness (QED) is 0.920. The molecule has 0 unspecified atom stereocenters. The van der Waals surface area contributed by atoms with Gasteiger partial charge in [-0.2, -0.15) is 0 Å². The maximum atomic E-state index is 14.6. The van der Waals surface area contributed by atoms with Crippen LogP contribution in [0.4, 0.5) is 4.39 Å². The Morgan fingerprint density at radius 1 is 1.08 bits per heavy atom. The highest BCUT2D eigenvalue weighted by Crippen LogP contribution is 2.26. The van der Waals surface area contributed by atoms with Crippen LogP contribution in [0.5, 0.6) is 0 Å². The topological polar surface area (TPSA) is 46.3 Å². The van der Waals surface area contributed by atoms with Gasteiger partial charge in [0, 0.05) is 13.1 Å². The molecule has 3 rings (SSSR count). The standard InChI is InChI=1S/C21H25FN2O/c1-14-3-4-17(11-15(14)2)18-5-6-19(20(22)12-18)21(25)24-9-7-16(13-23)8-10-24/h3-6,11-12,16H,7-10,13,23H2,1-2H3. The summed E-state index contributed by atoms with van der Waals surface area (Å²) in [6.07, 6.45) is 1.79. The minimum Gasteiger partial charge on any atom is -0.339 e. The van der Waals surface area contributed by atoms with Gasteiger partial charge in [0.15, 0.2) is 0 Å². The summed E-state index contributed by atoms with van der Waals surface area (Å²) < 4.78 is 14.6. The maximum Gasteiger partial charge on any atom is 0.256 e. The lowest BCUT2D eigenvalue weighted by molar-refractivity contribution is 0.0688. The average molecular weight is 340 g/mol. The highest BCUT2D eigenvalue weighted by molar-refractivity contribution is 5.95. The number of halogens is 1. The number of nitrogens with zero attached hydrogens (tertiary/aromatic N) is 1. The van der Waals surface area contributed by atoms with Crippen LogP contribution in [0, 0.1) is 25.6 Å². The van der Waals surface area contributed by atoms with Gasteiger partial charge in [0.2, 0.25) is 0 Å². The summed E-state index contributed by atoms with van der Waals surface area (Å²) in [6.45, 7) is 6.05. The second-order valence-electron chi connectivity index (χ2n) is 6.96. The van der Waals surface area contributed by atoms with Crippen LogP contribution < -0.4 is 5.73 Å². The fraction of sp³-hybridized carbons (Fsp3) is 0.381. The molecule has 4 heteroatoms. The lowest BCUT2D eigenvalue weighted by atomic mass is 9.96. The summed E-state index contributed by atoms with van der Waals surface area (Å²) in [4.78, 5) is 14.4. The summed E-state index contributed by atoms with van der Waals surface area (Å²) in [5.74, 6) is -0.206. The van der Waals surface area contributed by atoms with Crippen molar-refractivity contribution < 1.29 is 9.18 Å². The Labute approximate surface area is 148 Å². The molecule has 1 aliphatic heterocycles. The van der Waals surface area contributed by atoms with Crippen LogP contribution in [-0.4, -0.2) is 30.4 Å². The molecule has 2 aromatic rings. The van der Waals surface area contributed by atoms with Crippen molar-refractivity contribution in [2.24, 2.45) is 11.7 Å². The average Bonchev–Trinajstić information content (AvgIpc) is 2.63. The second kappa shape index (κ2) is 7.36. The number of carbonyl (C=O) groups is 1. The van der Waals surface area contributed by atoms with Crippen molar-refractivity contribution in [2.45, 2.75) is 26.7 Å². The summed E-state index contributed by atoms with van der Waals surface area (Å²) in [7, 11) is 0. The van der Waals surface area contributed by atoms with E-state index in [4.69, 9.17) is 5.73 Å². The van der Waals surface area contributed by atoms with Gasteiger partial charge in [-0.25, -0.2) is 4.39 Å². The van der Waals surface area contributed by atoms with Gasteiger partial charge in [-0.1, -0.05) is 24.3 Å². The monoisotopic (exact) mass is 340 g/mol. The van der Waals surface area contributed by atoms with Crippen molar-refractivity contribution >= 4 is 5.91 Å². The van der Waals surface area contributed by atoms with Crippen molar-refractivity contribution in [1.82, 2.24) is 4.90 Å². The molecule has 1 fully saturated rings. The number of hydrogen-bond acceptors (Lipinski definition) is 2. The van der Waals surface area contributed by atoms with E-state index in [0.717, 1.165) is 24.0 Å². The van der Waals surface area contributed by atoms with Crippen molar-refractivity contribution in [3.63, 3.8) is 0 Å². The molecule has 2 aromatic carbocycles. The van der Waals surface area contributed by atoms with Crippen LogP contribution >= 0.6 is 0 Å². The van der Waals surface area contributed by atoms with E-state index in [1.807, 2.05) is 31.2 Å². The van der Waals surface area contributed by atoms with E-state index >= 15 is 0 Å². The molecule has 1 aliphatic rings. The number of amides is 1. The first-order chi connectivity index (χ1) is 12.0. The third-order valence-corrected chi connectivity index (χ3v) is 5.27. The zero-order chi connectivity index (χ0) is 18.0. The zero-order valence-electron chi connectivity index (χ0n) is 14.9. The SMILES string of the molecule is Cc1ccc(-c2ccc(C(=O)N3CCC(CN)CC3)c(F)c2)cc1C. The summed E-state index contributed by atoms with van der Waals surface area (Å²) in [6, 6.07) is 11.0. The van der Waals surface area contributed by atoms with Crippen LogP contribution in [0.25, 0.3) is 11.1 Å². The molecule has 0 bridgehead atoms. The fourth-order valence-corrected chi connectivity index (χ4v) is 3.33. The molecule has 0 spiro atoms. The van der Waals surface area contributed by atoms with Gasteiger partial charge >= 0.3 is 0 Å². The Morgan fingerprint density at radius 2 is 1.72 bits per heavy atom. The molecule has 1 heterocycles. The molecule has 1 saturated heterocycles. The minimum absolute atomic E-state index is 0.152. The normalized spacial score (nSPS) is 15.4. The Balaban J connectivity index is 1.80. The van der Waals surface area contributed by atoms with Gasteiger partial charge in [-0.05, 0) is 73.5 Å². The van der Waals surface area contributed by atoms with Gasteiger partial charge in [-0.3, -0.25) is 4.79 Å². The van der Waals surface area contributed by atoms with Crippen LogP contribution in [0.2, 0.25) is 0 Å². The smallest absolute Gasteiger partial charge is 0.256 e. The summed E-state index contributed by atoms with van der Waals surface area (Å²) >= 11 is 0. The molecular weight excluding hydrogens is 315 g/mol. The van der Waals surface area contributed by atoms with E-state index in [0.29, 0.717) is 25.6 Å². The number of nitrogens with two attached hydrogens (primary N) is 1. The van der Waals surface area contributed by atoms with E-state index < -0.39 is 5.82 Å². The first-order valence-corrected chi connectivity index (χ1v) is 8.86. The van der Waals surface area contributed by atoms with Crippen LogP contribution in [0.3, 0.4) is 0 Å². The molecule has 2 N–H and O–H groups in total. The Morgan fingerprint density at radius 3 is 2.32 bits per heavy atom. The number of piperidine rings is 1. The van der Waals surface area contributed by atoms with Crippen LogP contribution in [0.15, 0.2) is 36.4 Å². The van der Waals surface area contributed by atoms with E-state index in [1.165, 1.54) is 17.2 Å². The third kappa shape index (κ3) is 3.74. The molecular formula is C21H25FN2O. The minimum atomic E-state index is -0.457. The van der Waals surface area contributed by atoms with Gasteiger partial charge in [0.25, 0.3) is 5.91 Å². The molecule has 25 heavy (non-hydrogen) atoms. The van der Waals surface area contributed by atoms with Gasteiger partial charge < -0.3 is 10.6 Å². The molecule has 0 saturated carbocycles. The zero-order valence-corrected chi connectivity index (χ0v) is 14.9. The van der Waals surface area contributed by atoms with Crippen molar-refractivity contribution in [2.75, 3.05) is 19.6 Å². The maximum absolute atomic E-state index is 14.6. The van der Waals surface area contributed by atoms with E-state index in [2.05, 4.69) is 6.92 Å². The first kappa shape index (κ1) is 17.6. The first-order valence-electron chi connectivity index (χ1n) is 8.86.